The molecule has 3 heteroatoms. The van der Waals surface area contributed by atoms with Crippen molar-refractivity contribution in [3.8, 4) is 6.07 Å². The van der Waals surface area contributed by atoms with Crippen LogP contribution in [0.5, 0.6) is 0 Å². The van der Waals surface area contributed by atoms with Gasteiger partial charge >= 0.3 is 0 Å². The molecule has 3 rings (SSSR count). The third-order valence-corrected chi connectivity index (χ3v) is 3.43. The van der Waals surface area contributed by atoms with Gasteiger partial charge in [-0.3, -0.25) is 0 Å². The van der Waals surface area contributed by atoms with Gasteiger partial charge in [-0.15, -0.1) is 0 Å². The summed E-state index contributed by atoms with van der Waals surface area (Å²) in [7, 11) is 0. The van der Waals surface area contributed by atoms with Crippen LogP contribution in [0.3, 0.4) is 0 Å². The summed E-state index contributed by atoms with van der Waals surface area (Å²) in [6.45, 7) is 0. The molecule has 1 heterocycles. The van der Waals surface area contributed by atoms with Gasteiger partial charge in [0.25, 0.3) is 0 Å². The summed E-state index contributed by atoms with van der Waals surface area (Å²) in [4.78, 5) is 7.43. The molecule has 1 N–H and O–H groups in total. The molecule has 3 nitrogen and oxygen atoms in total. The van der Waals surface area contributed by atoms with Crippen LogP contribution in [0.1, 0.15) is 17.0 Å². The summed E-state index contributed by atoms with van der Waals surface area (Å²) >= 11 is 0. The Labute approximate surface area is 117 Å². The smallest absolute Gasteiger partial charge is 0.165 e. The van der Waals surface area contributed by atoms with Gasteiger partial charge in [0.1, 0.15) is 5.82 Å². The van der Waals surface area contributed by atoms with Crippen molar-refractivity contribution in [3.05, 3.63) is 90.0 Å². The summed E-state index contributed by atoms with van der Waals surface area (Å²) in [6, 6.07) is 21.9. The van der Waals surface area contributed by atoms with E-state index < -0.39 is 5.41 Å². The van der Waals surface area contributed by atoms with Crippen molar-refractivity contribution in [2.45, 2.75) is 5.41 Å². The van der Waals surface area contributed by atoms with Gasteiger partial charge in [-0.1, -0.05) is 60.7 Å². The first-order valence-electron chi connectivity index (χ1n) is 6.40. The first kappa shape index (κ1) is 12.2. The Balaban J connectivity index is 2.31. The number of hydrogen-bond donors (Lipinski definition) is 1. The Morgan fingerprint density at radius 1 is 0.900 bits per heavy atom. The SMILES string of the molecule is N#CC(c1ccccc1)(c1ccccc1)c1ncc[nH]1. The number of imidazole rings is 1. The molecule has 20 heavy (non-hydrogen) atoms. The number of aromatic amines is 1. The van der Waals surface area contributed by atoms with E-state index in [-0.39, 0.29) is 0 Å². The molecule has 96 valence electrons. The molecule has 0 aliphatic carbocycles. The van der Waals surface area contributed by atoms with Crippen molar-refractivity contribution in [2.24, 2.45) is 0 Å². The number of rotatable bonds is 3. The standard InChI is InChI=1S/C17H13N3/c18-13-17(16-19-11-12-20-16,14-7-3-1-4-8-14)15-9-5-2-6-10-15/h1-12H,(H,19,20). The van der Waals surface area contributed by atoms with Crippen molar-refractivity contribution in [2.75, 3.05) is 0 Å². The third kappa shape index (κ3) is 1.79. The number of aromatic nitrogens is 2. The van der Waals surface area contributed by atoms with E-state index >= 15 is 0 Å². The Morgan fingerprint density at radius 3 is 1.85 bits per heavy atom. The van der Waals surface area contributed by atoms with E-state index in [0.717, 1.165) is 11.1 Å². The largest absolute Gasteiger partial charge is 0.347 e. The quantitative estimate of drug-likeness (QED) is 0.784. The van der Waals surface area contributed by atoms with E-state index in [2.05, 4.69) is 16.0 Å². The molecular weight excluding hydrogens is 246 g/mol. The van der Waals surface area contributed by atoms with E-state index in [1.807, 2.05) is 60.7 Å². The first-order chi connectivity index (χ1) is 9.88. The third-order valence-electron chi connectivity index (χ3n) is 3.43. The van der Waals surface area contributed by atoms with Crippen LogP contribution in [0.25, 0.3) is 0 Å². The highest BCUT2D eigenvalue weighted by Gasteiger charge is 2.38. The highest BCUT2D eigenvalue weighted by atomic mass is 14.9. The van der Waals surface area contributed by atoms with Gasteiger partial charge in [-0.25, -0.2) is 4.98 Å². The number of nitriles is 1. The maximum Gasteiger partial charge on any atom is 0.165 e. The molecular formula is C17H13N3. The fourth-order valence-corrected chi connectivity index (χ4v) is 2.47. The van der Waals surface area contributed by atoms with Crippen LogP contribution >= 0.6 is 0 Å². The van der Waals surface area contributed by atoms with E-state index in [0.29, 0.717) is 5.82 Å². The minimum Gasteiger partial charge on any atom is -0.347 e. The summed E-state index contributed by atoms with van der Waals surface area (Å²) in [6.07, 6.45) is 3.42. The summed E-state index contributed by atoms with van der Waals surface area (Å²) < 4.78 is 0. The van der Waals surface area contributed by atoms with Gasteiger partial charge < -0.3 is 4.98 Å². The fraction of sp³-hybridized carbons (Fsp3) is 0.0588. The molecule has 0 spiro atoms. The zero-order valence-corrected chi connectivity index (χ0v) is 10.8. The lowest BCUT2D eigenvalue weighted by atomic mass is 9.75. The van der Waals surface area contributed by atoms with Crippen molar-refractivity contribution in [3.63, 3.8) is 0 Å². The Morgan fingerprint density at radius 2 is 1.45 bits per heavy atom. The van der Waals surface area contributed by atoms with Crippen molar-refractivity contribution in [1.82, 2.24) is 9.97 Å². The molecule has 0 unspecified atom stereocenters. The molecule has 0 radical (unpaired) electrons. The lowest BCUT2D eigenvalue weighted by Crippen LogP contribution is -2.28. The monoisotopic (exact) mass is 259 g/mol. The van der Waals surface area contributed by atoms with Crippen molar-refractivity contribution in [1.29, 1.82) is 5.26 Å². The number of hydrogen-bond acceptors (Lipinski definition) is 2. The molecule has 0 saturated carbocycles. The zero-order chi connectivity index (χ0) is 13.8. The number of benzene rings is 2. The van der Waals surface area contributed by atoms with Gasteiger partial charge in [-0.2, -0.15) is 5.26 Å². The Hall–Kier alpha value is -2.86. The van der Waals surface area contributed by atoms with Crippen LogP contribution in [-0.4, -0.2) is 9.97 Å². The maximum atomic E-state index is 9.95. The normalized spacial score (nSPS) is 10.9. The molecule has 3 aromatic rings. The van der Waals surface area contributed by atoms with Crippen LogP contribution in [0.2, 0.25) is 0 Å². The van der Waals surface area contributed by atoms with E-state index in [9.17, 15) is 5.26 Å². The van der Waals surface area contributed by atoms with Gasteiger partial charge in [0.2, 0.25) is 0 Å². The molecule has 0 atom stereocenters. The first-order valence-corrected chi connectivity index (χ1v) is 6.40. The molecule has 0 aliphatic rings. The minimum absolute atomic E-state index is 0.636. The number of nitrogens with one attached hydrogen (secondary N) is 1. The number of H-pyrrole nitrogens is 1. The predicted molar refractivity (Wildman–Crippen MR) is 77.0 cm³/mol. The maximum absolute atomic E-state index is 9.95. The molecule has 2 aromatic carbocycles. The summed E-state index contributed by atoms with van der Waals surface area (Å²) in [5.41, 5.74) is 0.902. The molecule has 0 bridgehead atoms. The van der Waals surface area contributed by atoms with Crippen molar-refractivity contribution >= 4 is 0 Å². The molecule has 1 aromatic heterocycles. The second kappa shape index (κ2) is 5.02. The lowest BCUT2D eigenvalue weighted by Gasteiger charge is -2.25. The van der Waals surface area contributed by atoms with Crippen LogP contribution in [0.15, 0.2) is 73.1 Å². The zero-order valence-electron chi connectivity index (χ0n) is 10.8. The average Bonchev–Trinajstić information content (AvgIpc) is 3.06. The van der Waals surface area contributed by atoms with Crippen molar-refractivity contribution < 1.29 is 0 Å². The fourth-order valence-electron chi connectivity index (χ4n) is 2.47. The molecule has 0 aliphatic heterocycles. The van der Waals surface area contributed by atoms with Crippen LogP contribution in [0, 0.1) is 11.3 Å². The highest BCUT2D eigenvalue weighted by molar-refractivity contribution is 5.52. The second-order valence-corrected chi connectivity index (χ2v) is 4.53. The topological polar surface area (TPSA) is 52.5 Å². The molecule has 0 fully saturated rings. The van der Waals surface area contributed by atoms with E-state index in [4.69, 9.17) is 0 Å². The number of nitrogens with zero attached hydrogens (tertiary/aromatic N) is 2. The summed E-state index contributed by atoms with van der Waals surface area (Å²) in [5, 5.41) is 9.95. The van der Waals surface area contributed by atoms with Gasteiger partial charge in [0.15, 0.2) is 5.41 Å². The van der Waals surface area contributed by atoms with Gasteiger partial charge in [0, 0.05) is 12.4 Å². The average molecular weight is 259 g/mol. The second-order valence-electron chi connectivity index (χ2n) is 4.53. The summed E-state index contributed by atoms with van der Waals surface area (Å²) in [5.74, 6) is 0.636. The minimum atomic E-state index is -0.911. The van der Waals surface area contributed by atoms with Crippen LogP contribution < -0.4 is 0 Å². The van der Waals surface area contributed by atoms with Crippen LogP contribution in [-0.2, 0) is 5.41 Å². The van der Waals surface area contributed by atoms with Gasteiger partial charge in [-0.05, 0) is 11.1 Å². The molecule has 0 amide bonds. The van der Waals surface area contributed by atoms with E-state index in [1.165, 1.54) is 0 Å². The molecule has 0 saturated heterocycles. The Bertz CT molecular complexity index is 670. The predicted octanol–water partition coefficient (Wildman–Crippen LogP) is 3.27. The highest BCUT2D eigenvalue weighted by Crippen LogP contribution is 2.36. The van der Waals surface area contributed by atoms with Crippen LogP contribution in [0.4, 0.5) is 0 Å². The Kier molecular flexibility index (Phi) is 3.06. The lowest BCUT2D eigenvalue weighted by molar-refractivity contribution is 0.734. The van der Waals surface area contributed by atoms with E-state index in [1.54, 1.807) is 12.4 Å². The van der Waals surface area contributed by atoms with Gasteiger partial charge in [0.05, 0.1) is 6.07 Å².